The number of anilines is 1. The van der Waals surface area contributed by atoms with Crippen molar-refractivity contribution < 1.29 is 40.6 Å². The maximum Gasteiger partial charge on any atom is 0.296 e. The summed E-state index contributed by atoms with van der Waals surface area (Å²) >= 11 is 0. The van der Waals surface area contributed by atoms with Gasteiger partial charge in [0.15, 0.2) is 5.70 Å². The van der Waals surface area contributed by atoms with E-state index in [-0.39, 0.29) is 17.1 Å². The van der Waals surface area contributed by atoms with Gasteiger partial charge in [0, 0.05) is 0 Å². The highest BCUT2D eigenvalue weighted by Gasteiger charge is 2.20. The van der Waals surface area contributed by atoms with E-state index in [0.29, 0.717) is 0 Å². The van der Waals surface area contributed by atoms with Crippen molar-refractivity contribution in [1.82, 2.24) is 0 Å². The molecule has 0 radical (unpaired) electrons. The van der Waals surface area contributed by atoms with E-state index in [0.717, 1.165) is 25.1 Å². The van der Waals surface area contributed by atoms with Gasteiger partial charge < -0.3 is 15.2 Å². The van der Waals surface area contributed by atoms with E-state index < -0.39 is 47.4 Å². The van der Waals surface area contributed by atoms with Crippen LogP contribution in [-0.2, 0) is 25.0 Å². The molecule has 12 nitrogen and oxygen atoms in total. The molecule has 0 bridgehead atoms. The van der Waals surface area contributed by atoms with Crippen LogP contribution in [-0.4, -0.2) is 44.1 Å². The van der Waals surface area contributed by atoms with Gasteiger partial charge in [-0.3, -0.25) is 13.9 Å². The molecule has 1 amide bonds. The number of rotatable bonds is 7. The van der Waals surface area contributed by atoms with Crippen LogP contribution in [0, 0.1) is 0 Å². The summed E-state index contributed by atoms with van der Waals surface area (Å²) < 4.78 is 69.0. The molecule has 0 heterocycles. The van der Waals surface area contributed by atoms with Gasteiger partial charge in [0.05, 0.1) is 17.7 Å². The minimum absolute atomic E-state index is 0.0446. The monoisotopic (exact) mass is 471 g/mol. The van der Waals surface area contributed by atoms with E-state index in [1.165, 1.54) is 31.4 Å². The minimum atomic E-state index is -4.65. The molecule has 0 fully saturated rings. The summed E-state index contributed by atoms with van der Waals surface area (Å²) in [5, 5.41) is 19.3. The molecule has 0 aliphatic rings. The van der Waals surface area contributed by atoms with E-state index >= 15 is 0 Å². The molecule has 14 heteroatoms. The SMILES string of the molecule is COc1ccc(S(=O)(=O)O)cc1N=N/C(C(=O)Nc1ccccc1S(=O)(=O)O)=C(/C)O. The molecule has 31 heavy (non-hydrogen) atoms. The average Bonchev–Trinajstić information content (AvgIpc) is 2.66. The van der Waals surface area contributed by atoms with Gasteiger partial charge in [-0.1, -0.05) is 12.1 Å². The highest BCUT2D eigenvalue weighted by atomic mass is 32.2. The molecule has 2 aromatic carbocycles. The number of nitrogens with one attached hydrogen (secondary N) is 1. The van der Waals surface area contributed by atoms with Gasteiger partial charge in [0.2, 0.25) is 0 Å². The number of methoxy groups -OCH3 is 1. The number of carbonyl (C=O) groups excluding carboxylic acids is 1. The lowest BCUT2D eigenvalue weighted by molar-refractivity contribution is -0.113. The lowest BCUT2D eigenvalue weighted by Crippen LogP contribution is -2.16. The second-order valence-electron chi connectivity index (χ2n) is 5.87. The highest BCUT2D eigenvalue weighted by molar-refractivity contribution is 7.86. The Balaban J connectivity index is 2.43. The number of azo groups is 1. The normalized spacial score (nSPS) is 13.0. The largest absolute Gasteiger partial charge is 0.510 e. The Bertz CT molecular complexity index is 1280. The zero-order valence-corrected chi connectivity index (χ0v) is 17.7. The summed E-state index contributed by atoms with van der Waals surface area (Å²) in [7, 11) is -7.95. The Hall–Kier alpha value is -3.33. The van der Waals surface area contributed by atoms with Gasteiger partial charge in [-0.05, 0) is 37.3 Å². The Kier molecular flexibility index (Phi) is 7.12. The topological polar surface area (TPSA) is 192 Å². The van der Waals surface area contributed by atoms with Crippen molar-refractivity contribution in [3.63, 3.8) is 0 Å². The molecule has 4 N–H and O–H groups in total. The molecular formula is C17H17N3O9S2. The molecule has 0 aliphatic heterocycles. The molecule has 0 atom stereocenters. The summed E-state index contributed by atoms with van der Waals surface area (Å²) in [6.07, 6.45) is 0. The summed E-state index contributed by atoms with van der Waals surface area (Å²) in [6.45, 7) is 1.11. The molecule has 0 saturated carbocycles. The van der Waals surface area contributed by atoms with E-state index in [9.17, 15) is 31.3 Å². The number of ether oxygens (including phenoxy) is 1. The number of aliphatic hydroxyl groups is 1. The van der Waals surface area contributed by atoms with Crippen molar-refractivity contribution in [3.05, 3.63) is 53.9 Å². The first kappa shape index (κ1) is 23.9. The standard InChI is InChI=1S/C17H17N3O9S2/c1-10(21)16(17(22)18-12-5-3-4-6-15(12)31(26,27)28)20-19-13-9-11(30(23,24)25)7-8-14(13)29-2/h3-9,21H,1-2H3,(H,18,22)(H,23,24,25)(H,26,27,28)/b16-10-,20-19?. The molecule has 2 rings (SSSR count). The molecule has 0 aromatic heterocycles. The third kappa shape index (κ3) is 6.08. The fourth-order valence-electron chi connectivity index (χ4n) is 2.27. The van der Waals surface area contributed by atoms with Crippen molar-refractivity contribution in [3.8, 4) is 5.75 Å². The van der Waals surface area contributed by atoms with Crippen molar-refractivity contribution >= 4 is 37.5 Å². The highest BCUT2D eigenvalue weighted by Crippen LogP contribution is 2.31. The lowest BCUT2D eigenvalue weighted by Gasteiger charge is -2.09. The van der Waals surface area contributed by atoms with E-state index in [1.807, 2.05) is 0 Å². The van der Waals surface area contributed by atoms with E-state index in [1.54, 1.807) is 0 Å². The van der Waals surface area contributed by atoms with Gasteiger partial charge in [-0.25, -0.2) is 0 Å². The first-order valence-electron chi connectivity index (χ1n) is 8.19. The first-order chi connectivity index (χ1) is 14.3. The number of nitrogens with zero attached hydrogens (tertiary/aromatic N) is 2. The fourth-order valence-corrected chi connectivity index (χ4v) is 3.42. The zero-order valence-electron chi connectivity index (χ0n) is 16.0. The number of amides is 1. The maximum atomic E-state index is 12.5. The van der Waals surface area contributed by atoms with Crippen LogP contribution in [0.4, 0.5) is 11.4 Å². The van der Waals surface area contributed by atoms with Crippen LogP contribution < -0.4 is 10.1 Å². The molecular weight excluding hydrogens is 454 g/mol. The molecule has 0 spiro atoms. The molecule has 0 unspecified atom stereocenters. The van der Waals surface area contributed by atoms with Gasteiger partial charge in [0.1, 0.15) is 22.1 Å². The van der Waals surface area contributed by atoms with Crippen LogP contribution in [0.2, 0.25) is 0 Å². The first-order valence-corrected chi connectivity index (χ1v) is 11.1. The van der Waals surface area contributed by atoms with Crippen LogP contribution >= 0.6 is 0 Å². The third-order valence-electron chi connectivity index (χ3n) is 3.68. The van der Waals surface area contributed by atoms with Gasteiger partial charge >= 0.3 is 0 Å². The van der Waals surface area contributed by atoms with Crippen molar-refractivity contribution in [2.24, 2.45) is 10.2 Å². The predicted molar refractivity (Wildman–Crippen MR) is 108 cm³/mol. The second-order valence-corrected chi connectivity index (χ2v) is 8.68. The maximum absolute atomic E-state index is 12.5. The number of carbonyl (C=O) groups is 1. The second kappa shape index (κ2) is 9.22. The number of benzene rings is 2. The number of para-hydroxylation sites is 1. The van der Waals surface area contributed by atoms with Crippen LogP contribution in [0.1, 0.15) is 6.92 Å². The lowest BCUT2D eigenvalue weighted by atomic mass is 10.3. The number of hydrogen-bond donors (Lipinski definition) is 4. The number of hydrogen-bond acceptors (Lipinski definition) is 9. The summed E-state index contributed by atoms with van der Waals surface area (Å²) in [5.74, 6) is -1.64. The Morgan fingerprint density at radius 2 is 1.68 bits per heavy atom. The smallest absolute Gasteiger partial charge is 0.296 e. The fraction of sp³-hybridized carbons (Fsp3) is 0.118. The quantitative estimate of drug-likeness (QED) is 0.203. The summed E-state index contributed by atoms with van der Waals surface area (Å²) in [5.41, 5.74) is -1.12. The van der Waals surface area contributed by atoms with Crippen LogP contribution in [0.3, 0.4) is 0 Å². The summed E-state index contributed by atoms with van der Waals surface area (Å²) in [4.78, 5) is 11.4. The van der Waals surface area contributed by atoms with Crippen LogP contribution in [0.15, 0.2) is 73.9 Å². The molecule has 166 valence electrons. The summed E-state index contributed by atoms with van der Waals surface area (Å²) in [6, 6.07) is 8.13. The number of aliphatic hydroxyl groups excluding tert-OH is 1. The average molecular weight is 471 g/mol. The van der Waals surface area contributed by atoms with Crippen molar-refractivity contribution in [2.75, 3.05) is 12.4 Å². The predicted octanol–water partition coefficient (Wildman–Crippen LogP) is 2.70. The van der Waals surface area contributed by atoms with Crippen LogP contribution in [0.25, 0.3) is 0 Å². The van der Waals surface area contributed by atoms with E-state index in [4.69, 9.17) is 9.29 Å². The van der Waals surface area contributed by atoms with Crippen molar-refractivity contribution in [1.29, 1.82) is 0 Å². The molecule has 0 aliphatic carbocycles. The van der Waals surface area contributed by atoms with Gasteiger partial charge in [-0.2, -0.15) is 16.8 Å². The minimum Gasteiger partial charge on any atom is -0.510 e. The Morgan fingerprint density at radius 1 is 1.03 bits per heavy atom. The Morgan fingerprint density at radius 3 is 2.23 bits per heavy atom. The van der Waals surface area contributed by atoms with E-state index in [2.05, 4.69) is 15.5 Å². The molecule has 2 aromatic rings. The number of allylic oxidation sites excluding steroid dienone is 1. The van der Waals surface area contributed by atoms with Crippen molar-refractivity contribution in [2.45, 2.75) is 16.7 Å². The zero-order chi connectivity index (χ0) is 23.4. The van der Waals surface area contributed by atoms with Crippen LogP contribution in [0.5, 0.6) is 5.75 Å². The third-order valence-corrected chi connectivity index (χ3v) is 5.44. The molecule has 0 saturated heterocycles. The Labute approximate surface area is 177 Å². The van der Waals surface area contributed by atoms with Gasteiger partial charge in [-0.15, -0.1) is 10.2 Å². The van der Waals surface area contributed by atoms with Gasteiger partial charge in [0.25, 0.3) is 26.1 Å².